The fraction of sp³-hybridized carbons (Fsp3) is 0.0943. The number of nitrogens with zero attached hydrogens (tertiary/aromatic N) is 2. The molecule has 0 aliphatic heterocycles. The van der Waals surface area contributed by atoms with Gasteiger partial charge in [0.2, 0.25) is 0 Å². The van der Waals surface area contributed by atoms with Crippen LogP contribution in [0.15, 0.2) is 169 Å². The Balaban J connectivity index is 0.000000581. The van der Waals surface area contributed by atoms with Crippen molar-refractivity contribution in [3.05, 3.63) is 181 Å². The molecule has 0 fully saturated rings. The zero-order valence-corrected chi connectivity index (χ0v) is 34.4. The van der Waals surface area contributed by atoms with E-state index >= 15 is 0 Å². The maximum Gasteiger partial charge on any atom is 0.180 e. The first-order chi connectivity index (χ1) is 28.7. The summed E-state index contributed by atoms with van der Waals surface area (Å²) in [7, 11) is 0. The quantitative estimate of drug-likeness (QED) is 0.163. The van der Waals surface area contributed by atoms with E-state index in [9.17, 15) is 0 Å². The van der Waals surface area contributed by atoms with Crippen LogP contribution in [0.25, 0.3) is 97.1 Å². The number of furan rings is 1. The molecule has 1 aliphatic carbocycles. The fourth-order valence-electron chi connectivity index (χ4n) is 8.00. The molecule has 0 amide bonds. The van der Waals surface area contributed by atoms with Crippen LogP contribution in [0, 0.1) is 0 Å². The average molecular weight is 787 g/mol. The molecule has 0 saturated carbocycles. The maximum absolute atomic E-state index is 6.50. The predicted octanol–water partition coefficient (Wildman–Crippen LogP) is 14.5. The molecule has 1 aliphatic rings. The standard InChI is InChI=1S/C46H28N2OS2.C5H8.C2H6/c1-3-13-40-34(7-1)36-11-5-9-32(45(36)50-40)28-17-15-27(16-18-28)31-23-24-39-38(25-31)43-44(49-39)42(47-26-48-43)30-21-19-29(20-22-30)33-10-6-12-37-35-8-2-4-14-41(35)51-46(33)37;1-3-5-4-2;1-2/h1-22,24-26,31H,23H2;3-5H,1H2,2H3;1-2H3/b;5-4-;. The van der Waals surface area contributed by atoms with Gasteiger partial charge in [-0.3, -0.25) is 0 Å². The molecule has 0 saturated heterocycles. The molecule has 4 heterocycles. The van der Waals surface area contributed by atoms with Crippen molar-refractivity contribution in [3.63, 3.8) is 0 Å². The van der Waals surface area contributed by atoms with E-state index in [2.05, 4.69) is 152 Å². The first kappa shape index (κ1) is 37.2. The predicted molar refractivity (Wildman–Crippen MR) is 252 cm³/mol. The third-order valence-electron chi connectivity index (χ3n) is 10.7. The Hall–Kier alpha value is -6.40. The van der Waals surface area contributed by atoms with Gasteiger partial charge in [-0.2, -0.15) is 0 Å². The summed E-state index contributed by atoms with van der Waals surface area (Å²) in [4.78, 5) is 9.46. The number of hydrogen-bond acceptors (Lipinski definition) is 5. The first-order valence-corrected chi connectivity index (χ1v) is 21.5. The molecule has 0 N–H and O–H groups in total. The summed E-state index contributed by atoms with van der Waals surface area (Å²) < 4.78 is 11.8. The average Bonchev–Trinajstić information content (AvgIpc) is 3.99. The minimum Gasteiger partial charge on any atom is -0.452 e. The third kappa shape index (κ3) is 6.66. The van der Waals surface area contributed by atoms with Gasteiger partial charge in [-0.05, 0) is 59.4 Å². The lowest BCUT2D eigenvalue weighted by molar-refractivity contribution is 0.569. The van der Waals surface area contributed by atoms with Gasteiger partial charge < -0.3 is 4.42 Å². The number of rotatable bonds is 5. The molecule has 11 rings (SSSR count). The third-order valence-corrected chi connectivity index (χ3v) is 13.2. The molecule has 0 radical (unpaired) electrons. The van der Waals surface area contributed by atoms with Crippen molar-refractivity contribution in [2.75, 3.05) is 0 Å². The summed E-state index contributed by atoms with van der Waals surface area (Å²) in [6.45, 7) is 9.42. The smallest absolute Gasteiger partial charge is 0.180 e. The number of benzene rings is 6. The molecule has 0 spiro atoms. The second-order valence-electron chi connectivity index (χ2n) is 14.0. The lowest BCUT2D eigenvalue weighted by Crippen LogP contribution is -2.25. The van der Waals surface area contributed by atoms with Crippen LogP contribution >= 0.6 is 22.7 Å². The van der Waals surface area contributed by atoms with Gasteiger partial charge in [0.05, 0.1) is 0 Å². The van der Waals surface area contributed by atoms with Gasteiger partial charge in [-0.15, -0.1) is 22.7 Å². The molecule has 4 aromatic heterocycles. The van der Waals surface area contributed by atoms with Crippen LogP contribution in [0.3, 0.4) is 0 Å². The lowest BCUT2D eigenvalue weighted by atomic mass is 9.90. The Kier molecular flexibility index (Phi) is 10.4. The van der Waals surface area contributed by atoms with Crippen molar-refractivity contribution in [1.29, 1.82) is 0 Å². The Morgan fingerprint density at radius 3 is 1.76 bits per heavy atom. The second-order valence-corrected chi connectivity index (χ2v) is 16.1. The number of fused-ring (bicyclic) bond motifs is 9. The van der Waals surface area contributed by atoms with Gasteiger partial charge in [-0.25, -0.2) is 9.97 Å². The number of allylic oxidation sites excluding steroid dienone is 3. The van der Waals surface area contributed by atoms with Gasteiger partial charge in [0.1, 0.15) is 23.0 Å². The van der Waals surface area contributed by atoms with E-state index in [-0.39, 0.29) is 5.92 Å². The molecule has 282 valence electrons. The van der Waals surface area contributed by atoms with Crippen LogP contribution in [0.4, 0.5) is 0 Å². The zero-order valence-electron chi connectivity index (χ0n) is 32.8. The molecule has 3 nitrogen and oxygen atoms in total. The summed E-state index contributed by atoms with van der Waals surface area (Å²) in [6, 6.07) is 48.4. The highest BCUT2D eigenvalue weighted by molar-refractivity contribution is 7.26. The van der Waals surface area contributed by atoms with E-state index in [1.807, 2.05) is 55.6 Å². The van der Waals surface area contributed by atoms with Crippen LogP contribution in [-0.4, -0.2) is 9.97 Å². The van der Waals surface area contributed by atoms with E-state index in [0.29, 0.717) is 0 Å². The SMILES string of the molecule is C1=c2oc3c(-c4ccc(-c5cccc6c5sc5ccccc56)cc4)ncnc3c2=CC(c2ccc(-c3cccc4c3sc3ccccc34)cc2)C1.C=C/C=C\C.CC. The van der Waals surface area contributed by atoms with Gasteiger partial charge in [0.15, 0.2) is 5.58 Å². The minimum atomic E-state index is 0.238. The molecule has 0 bridgehead atoms. The van der Waals surface area contributed by atoms with Gasteiger partial charge >= 0.3 is 0 Å². The summed E-state index contributed by atoms with van der Waals surface area (Å²) in [5.41, 5.74) is 10.6. The topological polar surface area (TPSA) is 38.9 Å². The van der Waals surface area contributed by atoms with Crippen molar-refractivity contribution < 1.29 is 4.42 Å². The zero-order chi connectivity index (χ0) is 39.6. The fourth-order valence-corrected chi connectivity index (χ4v) is 10.5. The van der Waals surface area contributed by atoms with E-state index in [1.54, 1.807) is 12.4 Å². The van der Waals surface area contributed by atoms with Gasteiger partial charge in [-0.1, -0.05) is 166 Å². The van der Waals surface area contributed by atoms with Crippen molar-refractivity contribution in [2.24, 2.45) is 0 Å². The van der Waals surface area contributed by atoms with E-state index in [4.69, 9.17) is 14.4 Å². The largest absolute Gasteiger partial charge is 0.452 e. The number of aromatic nitrogens is 2. The van der Waals surface area contributed by atoms with E-state index < -0.39 is 0 Å². The van der Waals surface area contributed by atoms with Crippen LogP contribution in [-0.2, 0) is 0 Å². The highest BCUT2D eigenvalue weighted by Crippen LogP contribution is 2.42. The van der Waals surface area contributed by atoms with Crippen LogP contribution in [0.5, 0.6) is 0 Å². The molecule has 1 atom stereocenters. The Bertz CT molecular complexity index is 3250. The first-order valence-electron chi connectivity index (χ1n) is 19.9. The summed E-state index contributed by atoms with van der Waals surface area (Å²) in [5, 5.41) is 6.33. The Labute approximate surface area is 346 Å². The second kappa shape index (κ2) is 16.2. The molecule has 1 unspecified atom stereocenters. The summed E-state index contributed by atoms with van der Waals surface area (Å²) in [6.07, 6.45) is 12.7. The Morgan fingerprint density at radius 2 is 1.19 bits per heavy atom. The van der Waals surface area contributed by atoms with Crippen molar-refractivity contribution in [3.8, 4) is 33.5 Å². The molecular weight excluding hydrogens is 745 g/mol. The van der Waals surface area contributed by atoms with Crippen molar-refractivity contribution in [1.82, 2.24) is 9.97 Å². The van der Waals surface area contributed by atoms with Crippen molar-refractivity contribution >= 4 is 86.3 Å². The molecule has 10 aromatic rings. The van der Waals surface area contributed by atoms with E-state index in [0.717, 1.165) is 39.4 Å². The number of hydrogen-bond donors (Lipinski definition) is 0. The Morgan fingerprint density at radius 1 is 0.638 bits per heavy atom. The van der Waals surface area contributed by atoms with Gasteiger partial charge in [0.25, 0.3) is 0 Å². The molecule has 58 heavy (non-hydrogen) atoms. The monoisotopic (exact) mass is 786 g/mol. The molecule has 5 heteroatoms. The summed E-state index contributed by atoms with van der Waals surface area (Å²) >= 11 is 3.73. The lowest BCUT2D eigenvalue weighted by Gasteiger charge is -2.14. The van der Waals surface area contributed by atoms with Crippen LogP contribution in [0.2, 0.25) is 0 Å². The minimum absolute atomic E-state index is 0.238. The molecule has 6 aromatic carbocycles. The molecular formula is C53H42N2OS2. The maximum atomic E-state index is 6.50. The summed E-state index contributed by atoms with van der Waals surface area (Å²) in [5.74, 6) is 0.238. The van der Waals surface area contributed by atoms with E-state index in [1.165, 1.54) is 68.2 Å². The van der Waals surface area contributed by atoms with Crippen LogP contribution < -0.4 is 10.6 Å². The number of thiophene rings is 2. The van der Waals surface area contributed by atoms with Crippen molar-refractivity contribution in [2.45, 2.75) is 33.1 Å². The van der Waals surface area contributed by atoms with Crippen LogP contribution in [0.1, 0.15) is 38.7 Å². The van der Waals surface area contributed by atoms with Gasteiger partial charge in [0, 0.05) is 57.0 Å². The highest BCUT2D eigenvalue weighted by atomic mass is 32.1. The normalized spacial score (nSPS) is 13.5. The highest BCUT2D eigenvalue weighted by Gasteiger charge is 2.19.